The lowest BCUT2D eigenvalue weighted by Crippen LogP contribution is -2.24. The van der Waals surface area contributed by atoms with Crippen LogP contribution in [0.1, 0.15) is 31.9 Å². The standard InChI is InChI=1S/C14H20ClNO3/c1-2-11-12(6-7-13(15)16-11)17-9-10-19-14-5-3-4-8-18-14/h6-7,14H,2-5,8-10H2,1H3. The second-order valence-electron chi connectivity index (χ2n) is 4.45. The van der Waals surface area contributed by atoms with Gasteiger partial charge in [0.15, 0.2) is 6.29 Å². The van der Waals surface area contributed by atoms with Gasteiger partial charge in [-0.1, -0.05) is 18.5 Å². The SMILES string of the molecule is CCc1nc(Cl)ccc1OCCOC1CCCCO1. The van der Waals surface area contributed by atoms with Gasteiger partial charge in [0.25, 0.3) is 0 Å². The summed E-state index contributed by atoms with van der Waals surface area (Å²) in [4.78, 5) is 4.24. The molecule has 1 saturated heterocycles. The minimum atomic E-state index is -0.0636. The molecule has 1 aromatic heterocycles. The predicted molar refractivity (Wildman–Crippen MR) is 73.7 cm³/mol. The number of aryl methyl sites for hydroxylation is 1. The number of halogens is 1. The molecule has 0 radical (unpaired) electrons. The van der Waals surface area contributed by atoms with E-state index in [0.29, 0.717) is 18.4 Å². The summed E-state index contributed by atoms with van der Waals surface area (Å²) in [5, 5.41) is 0.496. The second kappa shape index (κ2) is 7.68. The van der Waals surface area contributed by atoms with Crippen molar-refractivity contribution in [1.29, 1.82) is 0 Å². The van der Waals surface area contributed by atoms with Crippen LogP contribution < -0.4 is 4.74 Å². The lowest BCUT2D eigenvalue weighted by Gasteiger charge is -2.22. The van der Waals surface area contributed by atoms with Gasteiger partial charge in [-0.05, 0) is 37.8 Å². The minimum Gasteiger partial charge on any atom is -0.489 e. The van der Waals surface area contributed by atoms with E-state index in [1.54, 1.807) is 6.07 Å². The fourth-order valence-corrected chi connectivity index (χ4v) is 2.19. The summed E-state index contributed by atoms with van der Waals surface area (Å²) in [6.45, 7) is 3.84. The molecule has 0 spiro atoms. The Labute approximate surface area is 119 Å². The zero-order chi connectivity index (χ0) is 13.5. The first-order valence-corrected chi connectivity index (χ1v) is 7.19. The fraction of sp³-hybridized carbons (Fsp3) is 0.643. The molecule has 0 aliphatic carbocycles. The molecule has 0 saturated carbocycles. The van der Waals surface area contributed by atoms with Crippen LogP contribution in [-0.2, 0) is 15.9 Å². The van der Waals surface area contributed by atoms with Gasteiger partial charge in [-0.2, -0.15) is 0 Å². The molecule has 2 rings (SSSR count). The third-order valence-electron chi connectivity index (χ3n) is 3.02. The monoisotopic (exact) mass is 285 g/mol. The highest BCUT2D eigenvalue weighted by molar-refractivity contribution is 6.29. The van der Waals surface area contributed by atoms with Crippen LogP contribution in [0.3, 0.4) is 0 Å². The zero-order valence-corrected chi connectivity index (χ0v) is 12.0. The summed E-state index contributed by atoms with van der Waals surface area (Å²) >= 11 is 5.85. The van der Waals surface area contributed by atoms with E-state index < -0.39 is 0 Å². The molecule has 1 fully saturated rings. The van der Waals surface area contributed by atoms with Crippen LogP contribution in [0.15, 0.2) is 12.1 Å². The van der Waals surface area contributed by atoms with E-state index >= 15 is 0 Å². The zero-order valence-electron chi connectivity index (χ0n) is 11.2. The van der Waals surface area contributed by atoms with Gasteiger partial charge in [0.05, 0.1) is 12.3 Å². The van der Waals surface area contributed by atoms with Crippen LogP contribution >= 0.6 is 11.6 Å². The quantitative estimate of drug-likeness (QED) is 0.594. The first kappa shape index (κ1) is 14.6. The third-order valence-corrected chi connectivity index (χ3v) is 3.23. The van der Waals surface area contributed by atoms with Crippen molar-refractivity contribution < 1.29 is 14.2 Å². The summed E-state index contributed by atoms with van der Waals surface area (Å²) in [6, 6.07) is 3.59. The van der Waals surface area contributed by atoms with Crippen LogP contribution in [0.5, 0.6) is 5.75 Å². The van der Waals surface area contributed by atoms with Crippen LogP contribution in [-0.4, -0.2) is 31.1 Å². The number of ether oxygens (including phenoxy) is 3. The van der Waals surface area contributed by atoms with Crippen molar-refractivity contribution in [1.82, 2.24) is 4.98 Å². The summed E-state index contributed by atoms with van der Waals surface area (Å²) < 4.78 is 16.8. The van der Waals surface area contributed by atoms with Crippen molar-refractivity contribution in [3.05, 3.63) is 23.0 Å². The third kappa shape index (κ3) is 4.64. The van der Waals surface area contributed by atoms with Crippen molar-refractivity contribution >= 4 is 11.6 Å². The van der Waals surface area contributed by atoms with Crippen molar-refractivity contribution in [2.75, 3.05) is 19.8 Å². The maximum absolute atomic E-state index is 5.85. The Morgan fingerprint density at radius 3 is 3.00 bits per heavy atom. The van der Waals surface area contributed by atoms with E-state index in [1.165, 1.54) is 6.42 Å². The highest BCUT2D eigenvalue weighted by Crippen LogP contribution is 2.20. The Balaban J connectivity index is 1.73. The maximum Gasteiger partial charge on any atom is 0.157 e. The molecule has 1 aromatic rings. The largest absolute Gasteiger partial charge is 0.489 e. The Hall–Kier alpha value is -0.840. The Morgan fingerprint density at radius 1 is 1.37 bits per heavy atom. The summed E-state index contributed by atoms with van der Waals surface area (Å²) in [5.74, 6) is 0.778. The van der Waals surface area contributed by atoms with E-state index in [4.69, 9.17) is 25.8 Å². The second-order valence-corrected chi connectivity index (χ2v) is 4.83. The summed E-state index contributed by atoms with van der Waals surface area (Å²) in [7, 11) is 0. The Kier molecular flexibility index (Phi) is 5.89. The van der Waals surface area contributed by atoms with E-state index in [1.807, 2.05) is 13.0 Å². The molecule has 0 amide bonds. The molecule has 1 unspecified atom stereocenters. The van der Waals surface area contributed by atoms with Gasteiger partial charge >= 0.3 is 0 Å². The van der Waals surface area contributed by atoms with E-state index in [2.05, 4.69) is 4.98 Å². The lowest BCUT2D eigenvalue weighted by atomic mass is 10.2. The molecule has 0 N–H and O–H groups in total. The van der Waals surface area contributed by atoms with E-state index in [0.717, 1.165) is 37.3 Å². The van der Waals surface area contributed by atoms with Crippen LogP contribution in [0.25, 0.3) is 0 Å². The van der Waals surface area contributed by atoms with Crippen molar-refractivity contribution in [2.45, 2.75) is 38.9 Å². The fourth-order valence-electron chi connectivity index (χ4n) is 2.02. The Bertz CT molecular complexity index is 394. The number of pyridine rings is 1. The average molecular weight is 286 g/mol. The number of hydrogen-bond acceptors (Lipinski definition) is 4. The Morgan fingerprint density at radius 2 is 2.26 bits per heavy atom. The highest BCUT2D eigenvalue weighted by Gasteiger charge is 2.13. The van der Waals surface area contributed by atoms with Crippen molar-refractivity contribution in [3.63, 3.8) is 0 Å². The number of nitrogens with zero attached hydrogens (tertiary/aromatic N) is 1. The number of aromatic nitrogens is 1. The number of hydrogen-bond donors (Lipinski definition) is 0. The smallest absolute Gasteiger partial charge is 0.157 e. The molecule has 0 bridgehead atoms. The summed E-state index contributed by atoms with van der Waals surface area (Å²) in [5.41, 5.74) is 0.876. The first-order valence-electron chi connectivity index (χ1n) is 6.81. The molecule has 5 heteroatoms. The van der Waals surface area contributed by atoms with Gasteiger partial charge in [-0.25, -0.2) is 4.98 Å². The first-order chi connectivity index (χ1) is 9.29. The van der Waals surface area contributed by atoms with Gasteiger partial charge < -0.3 is 14.2 Å². The van der Waals surface area contributed by atoms with E-state index in [-0.39, 0.29) is 6.29 Å². The molecule has 2 heterocycles. The highest BCUT2D eigenvalue weighted by atomic mass is 35.5. The molecule has 1 aliphatic rings. The molecule has 19 heavy (non-hydrogen) atoms. The number of rotatable bonds is 6. The average Bonchev–Trinajstić information content (AvgIpc) is 2.46. The molecule has 0 aromatic carbocycles. The van der Waals surface area contributed by atoms with Gasteiger partial charge in [0, 0.05) is 6.61 Å². The summed E-state index contributed by atoms with van der Waals surface area (Å²) in [6.07, 6.45) is 4.01. The van der Waals surface area contributed by atoms with Gasteiger partial charge in [-0.15, -0.1) is 0 Å². The molecule has 106 valence electrons. The minimum absolute atomic E-state index is 0.0636. The van der Waals surface area contributed by atoms with Gasteiger partial charge in [0.2, 0.25) is 0 Å². The van der Waals surface area contributed by atoms with Crippen molar-refractivity contribution in [3.8, 4) is 5.75 Å². The molecule has 1 atom stereocenters. The molecular weight excluding hydrogens is 266 g/mol. The van der Waals surface area contributed by atoms with Gasteiger partial charge in [-0.3, -0.25) is 0 Å². The van der Waals surface area contributed by atoms with Gasteiger partial charge in [0.1, 0.15) is 17.5 Å². The van der Waals surface area contributed by atoms with Crippen LogP contribution in [0.4, 0.5) is 0 Å². The molecular formula is C14H20ClNO3. The molecule has 4 nitrogen and oxygen atoms in total. The molecule has 1 aliphatic heterocycles. The normalized spacial score (nSPS) is 19.4. The lowest BCUT2D eigenvalue weighted by molar-refractivity contribution is -0.165. The van der Waals surface area contributed by atoms with E-state index in [9.17, 15) is 0 Å². The van der Waals surface area contributed by atoms with Crippen LogP contribution in [0, 0.1) is 0 Å². The van der Waals surface area contributed by atoms with Crippen LogP contribution in [0.2, 0.25) is 5.15 Å². The topological polar surface area (TPSA) is 40.6 Å². The van der Waals surface area contributed by atoms with Crippen molar-refractivity contribution in [2.24, 2.45) is 0 Å². The predicted octanol–water partition coefficient (Wildman–Crippen LogP) is 3.22. The maximum atomic E-state index is 5.85.